The fraction of sp³-hybridized carbons (Fsp3) is 0.727. The first-order valence-corrected chi connectivity index (χ1v) is 5.81. The van der Waals surface area contributed by atoms with Gasteiger partial charge in [-0.25, -0.2) is 4.98 Å². The second kappa shape index (κ2) is 5.28. The molecule has 2 N–H and O–H groups in total. The molecule has 4 heteroatoms. The molecule has 1 aromatic heterocycles. The molecule has 1 aliphatic heterocycles. The maximum Gasteiger partial charge on any atom is 0.0948 e. The summed E-state index contributed by atoms with van der Waals surface area (Å²) in [5.74, 6) is 0. The summed E-state index contributed by atoms with van der Waals surface area (Å²) in [7, 11) is 0. The Labute approximate surface area is 91.1 Å². The molecule has 0 bridgehead atoms. The Hall–Kier alpha value is -0.870. The Morgan fingerprint density at radius 2 is 2.07 bits per heavy atom. The van der Waals surface area contributed by atoms with E-state index in [2.05, 4.69) is 14.5 Å². The van der Waals surface area contributed by atoms with Gasteiger partial charge < -0.3 is 15.2 Å². The first-order chi connectivity index (χ1) is 7.40. The van der Waals surface area contributed by atoms with Crippen LogP contribution in [-0.4, -0.2) is 34.1 Å². The standard InChI is InChI=1S/C11H20N4/c12-8-11-9-13-10-15(11)7-3-6-14-4-1-2-5-14/h9-10H,1-8,12H2. The summed E-state index contributed by atoms with van der Waals surface area (Å²) in [4.78, 5) is 6.65. The molecule has 2 heterocycles. The molecule has 4 nitrogen and oxygen atoms in total. The lowest BCUT2D eigenvalue weighted by molar-refractivity contribution is 0.324. The minimum absolute atomic E-state index is 0.587. The smallest absolute Gasteiger partial charge is 0.0948 e. The first kappa shape index (κ1) is 10.6. The van der Waals surface area contributed by atoms with Crippen molar-refractivity contribution in [3.8, 4) is 0 Å². The van der Waals surface area contributed by atoms with E-state index in [1.807, 2.05) is 12.5 Å². The van der Waals surface area contributed by atoms with E-state index in [0.29, 0.717) is 6.54 Å². The fourth-order valence-corrected chi connectivity index (χ4v) is 2.19. The van der Waals surface area contributed by atoms with Crippen LogP contribution in [0.15, 0.2) is 12.5 Å². The zero-order chi connectivity index (χ0) is 10.5. The number of aryl methyl sites for hydroxylation is 1. The minimum atomic E-state index is 0.587. The van der Waals surface area contributed by atoms with Crippen LogP contribution >= 0.6 is 0 Å². The van der Waals surface area contributed by atoms with E-state index in [4.69, 9.17) is 5.73 Å². The number of hydrogen-bond donors (Lipinski definition) is 1. The first-order valence-electron chi connectivity index (χ1n) is 5.81. The Morgan fingerprint density at radius 3 is 2.80 bits per heavy atom. The molecule has 0 aromatic carbocycles. The second-order valence-electron chi connectivity index (χ2n) is 4.18. The van der Waals surface area contributed by atoms with Crippen LogP contribution in [0.3, 0.4) is 0 Å². The van der Waals surface area contributed by atoms with Crippen LogP contribution in [0, 0.1) is 0 Å². The molecule has 15 heavy (non-hydrogen) atoms. The molecule has 0 atom stereocenters. The Morgan fingerprint density at radius 1 is 1.27 bits per heavy atom. The van der Waals surface area contributed by atoms with Crippen LogP contribution < -0.4 is 5.73 Å². The van der Waals surface area contributed by atoms with Gasteiger partial charge in [0, 0.05) is 19.3 Å². The van der Waals surface area contributed by atoms with E-state index in [0.717, 1.165) is 12.2 Å². The number of imidazole rings is 1. The predicted octanol–water partition coefficient (Wildman–Crippen LogP) is 0.828. The number of nitrogens with zero attached hydrogens (tertiary/aromatic N) is 3. The van der Waals surface area contributed by atoms with Crippen molar-refractivity contribution < 1.29 is 0 Å². The lowest BCUT2D eigenvalue weighted by Crippen LogP contribution is -2.21. The largest absolute Gasteiger partial charge is 0.333 e. The maximum absolute atomic E-state index is 5.62. The van der Waals surface area contributed by atoms with Gasteiger partial charge in [0.25, 0.3) is 0 Å². The van der Waals surface area contributed by atoms with Crippen LogP contribution in [0.5, 0.6) is 0 Å². The normalized spacial score (nSPS) is 17.4. The molecule has 1 fully saturated rings. The number of aromatic nitrogens is 2. The van der Waals surface area contributed by atoms with Crippen molar-refractivity contribution in [3.63, 3.8) is 0 Å². The molecule has 84 valence electrons. The van der Waals surface area contributed by atoms with Crippen LogP contribution in [0.4, 0.5) is 0 Å². The lowest BCUT2D eigenvalue weighted by Gasteiger charge is -2.14. The minimum Gasteiger partial charge on any atom is -0.333 e. The molecule has 1 aromatic rings. The molecule has 0 unspecified atom stereocenters. The molecule has 1 saturated heterocycles. The molecule has 0 saturated carbocycles. The number of likely N-dealkylation sites (tertiary alicyclic amines) is 1. The van der Waals surface area contributed by atoms with E-state index in [1.165, 1.54) is 38.9 Å². The summed E-state index contributed by atoms with van der Waals surface area (Å²) in [6, 6.07) is 0. The van der Waals surface area contributed by atoms with Gasteiger partial charge >= 0.3 is 0 Å². The average Bonchev–Trinajstić information content (AvgIpc) is 2.88. The molecular weight excluding hydrogens is 188 g/mol. The van der Waals surface area contributed by atoms with Gasteiger partial charge in [0.1, 0.15) is 0 Å². The monoisotopic (exact) mass is 208 g/mol. The van der Waals surface area contributed by atoms with Crippen molar-refractivity contribution in [2.45, 2.75) is 32.4 Å². The van der Waals surface area contributed by atoms with Crippen LogP contribution in [0.1, 0.15) is 25.0 Å². The quantitative estimate of drug-likeness (QED) is 0.779. The maximum atomic E-state index is 5.62. The molecule has 2 rings (SSSR count). The molecule has 0 amide bonds. The number of nitrogens with two attached hydrogens (primary N) is 1. The van der Waals surface area contributed by atoms with Crippen molar-refractivity contribution >= 4 is 0 Å². The third-order valence-corrected chi connectivity index (χ3v) is 3.08. The third-order valence-electron chi connectivity index (χ3n) is 3.08. The summed E-state index contributed by atoms with van der Waals surface area (Å²) in [5.41, 5.74) is 6.75. The van der Waals surface area contributed by atoms with Crippen molar-refractivity contribution in [2.75, 3.05) is 19.6 Å². The molecule has 1 aliphatic rings. The van der Waals surface area contributed by atoms with Crippen LogP contribution in [-0.2, 0) is 13.1 Å². The summed E-state index contributed by atoms with van der Waals surface area (Å²) >= 11 is 0. The Bertz CT molecular complexity index is 289. The highest BCUT2D eigenvalue weighted by Gasteiger charge is 2.10. The highest BCUT2D eigenvalue weighted by atomic mass is 15.1. The second-order valence-corrected chi connectivity index (χ2v) is 4.18. The zero-order valence-corrected chi connectivity index (χ0v) is 9.23. The van der Waals surface area contributed by atoms with Gasteiger partial charge in [0.2, 0.25) is 0 Å². The van der Waals surface area contributed by atoms with E-state index in [9.17, 15) is 0 Å². The molecule has 0 aliphatic carbocycles. The number of hydrogen-bond acceptors (Lipinski definition) is 3. The summed E-state index contributed by atoms with van der Waals surface area (Å²) in [5, 5.41) is 0. The van der Waals surface area contributed by atoms with Gasteiger partial charge in [-0.15, -0.1) is 0 Å². The molecule has 0 radical (unpaired) electrons. The van der Waals surface area contributed by atoms with E-state index in [-0.39, 0.29) is 0 Å². The summed E-state index contributed by atoms with van der Waals surface area (Å²) < 4.78 is 2.16. The molecule has 0 spiro atoms. The van der Waals surface area contributed by atoms with Crippen molar-refractivity contribution in [3.05, 3.63) is 18.2 Å². The SMILES string of the molecule is NCc1cncn1CCCN1CCCC1. The van der Waals surface area contributed by atoms with Crippen LogP contribution in [0.25, 0.3) is 0 Å². The summed E-state index contributed by atoms with van der Waals surface area (Å²) in [6.45, 7) is 5.41. The van der Waals surface area contributed by atoms with Crippen molar-refractivity contribution in [1.29, 1.82) is 0 Å². The predicted molar refractivity (Wildman–Crippen MR) is 60.4 cm³/mol. The zero-order valence-electron chi connectivity index (χ0n) is 9.23. The van der Waals surface area contributed by atoms with Gasteiger partial charge in [-0.2, -0.15) is 0 Å². The van der Waals surface area contributed by atoms with E-state index < -0.39 is 0 Å². The Balaban J connectivity index is 1.73. The van der Waals surface area contributed by atoms with Gasteiger partial charge in [-0.05, 0) is 38.9 Å². The lowest BCUT2D eigenvalue weighted by atomic mass is 10.3. The fourth-order valence-electron chi connectivity index (χ4n) is 2.19. The van der Waals surface area contributed by atoms with Gasteiger partial charge in [-0.1, -0.05) is 0 Å². The number of rotatable bonds is 5. The topological polar surface area (TPSA) is 47.1 Å². The van der Waals surface area contributed by atoms with Gasteiger partial charge in [0.15, 0.2) is 0 Å². The van der Waals surface area contributed by atoms with Gasteiger partial charge in [0.05, 0.1) is 12.0 Å². The van der Waals surface area contributed by atoms with Crippen molar-refractivity contribution in [2.24, 2.45) is 5.73 Å². The van der Waals surface area contributed by atoms with Gasteiger partial charge in [-0.3, -0.25) is 0 Å². The average molecular weight is 208 g/mol. The molecular formula is C11H20N4. The summed E-state index contributed by atoms with van der Waals surface area (Å²) in [6.07, 6.45) is 7.68. The third kappa shape index (κ3) is 2.79. The highest BCUT2D eigenvalue weighted by Crippen LogP contribution is 2.08. The van der Waals surface area contributed by atoms with E-state index in [1.54, 1.807) is 0 Å². The van der Waals surface area contributed by atoms with E-state index >= 15 is 0 Å². The van der Waals surface area contributed by atoms with Crippen LogP contribution in [0.2, 0.25) is 0 Å². The highest BCUT2D eigenvalue weighted by molar-refractivity contribution is 4.96. The Kier molecular flexibility index (Phi) is 3.75. The van der Waals surface area contributed by atoms with Crippen molar-refractivity contribution in [1.82, 2.24) is 14.5 Å².